The van der Waals surface area contributed by atoms with Crippen LogP contribution in [0.1, 0.15) is 36.4 Å². The van der Waals surface area contributed by atoms with Crippen molar-refractivity contribution in [3.63, 3.8) is 0 Å². The molecule has 0 saturated heterocycles. The molecule has 1 amide bonds. The average Bonchev–Trinajstić information content (AvgIpc) is 2.72. The van der Waals surface area contributed by atoms with Crippen molar-refractivity contribution in [1.29, 1.82) is 0 Å². The molecule has 2 aromatic heterocycles. The number of carbonyl (C=O) groups excluding carboxylic acids is 1. The van der Waals surface area contributed by atoms with Crippen LogP contribution in [0, 0.1) is 5.92 Å². The number of carbonyl (C=O) groups is 1. The molecule has 0 radical (unpaired) electrons. The second-order valence-electron chi connectivity index (χ2n) is 4.85. The highest BCUT2D eigenvalue weighted by Gasteiger charge is 2.17. The number of hydrogen-bond donors (Lipinski definition) is 2. The van der Waals surface area contributed by atoms with E-state index in [1.165, 1.54) is 11.3 Å². The summed E-state index contributed by atoms with van der Waals surface area (Å²) in [5.74, 6) is 0.519. The fraction of sp³-hybridized carbons (Fsp3) is 0.462. The number of nitrogen functional groups attached to an aromatic ring is 1. The van der Waals surface area contributed by atoms with Gasteiger partial charge in [-0.3, -0.25) is 4.79 Å². The van der Waals surface area contributed by atoms with Gasteiger partial charge in [-0.15, -0.1) is 11.3 Å². The highest BCUT2D eigenvalue weighted by atomic mass is 32.1. The van der Waals surface area contributed by atoms with Gasteiger partial charge < -0.3 is 11.1 Å². The molecular weight excluding hydrogens is 260 g/mol. The van der Waals surface area contributed by atoms with E-state index >= 15 is 0 Å². The zero-order chi connectivity index (χ0) is 13.8. The van der Waals surface area contributed by atoms with E-state index in [1.807, 2.05) is 0 Å². The van der Waals surface area contributed by atoms with Gasteiger partial charge in [0.05, 0.1) is 5.69 Å². The summed E-state index contributed by atoms with van der Waals surface area (Å²) in [4.78, 5) is 21.6. The Labute approximate surface area is 116 Å². The molecule has 2 aromatic rings. The van der Waals surface area contributed by atoms with Crippen LogP contribution in [0.4, 0.5) is 5.69 Å². The summed E-state index contributed by atoms with van der Waals surface area (Å²) in [5.41, 5.74) is 6.98. The molecule has 0 aliphatic heterocycles. The number of rotatable bonds is 5. The molecule has 0 fully saturated rings. The smallest absolute Gasteiger partial charge is 0.263 e. The molecule has 0 aliphatic carbocycles. The van der Waals surface area contributed by atoms with Gasteiger partial charge in [0.2, 0.25) is 0 Å². The Morgan fingerprint density at radius 3 is 2.84 bits per heavy atom. The second kappa shape index (κ2) is 5.97. The van der Waals surface area contributed by atoms with Crippen molar-refractivity contribution in [2.45, 2.75) is 26.7 Å². The van der Waals surface area contributed by atoms with Crippen LogP contribution >= 0.6 is 11.3 Å². The van der Waals surface area contributed by atoms with Crippen LogP contribution < -0.4 is 11.1 Å². The molecule has 0 aliphatic rings. The summed E-state index contributed by atoms with van der Waals surface area (Å²) < 4.78 is 0. The van der Waals surface area contributed by atoms with Gasteiger partial charge in [0.1, 0.15) is 15.2 Å². The van der Waals surface area contributed by atoms with Crippen LogP contribution in [0.5, 0.6) is 0 Å². The van der Waals surface area contributed by atoms with Crippen LogP contribution in [-0.4, -0.2) is 22.4 Å². The first-order valence-electron chi connectivity index (χ1n) is 6.36. The minimum atomic E-state index is -0.133. The van der Waals surface area contributed by atoms with Gasteiger partial charge in [-0.25, -0.2) is 9.97 Å². The lowest BCUT2D eigenvalue weighted by molar-refractivity contribution is 0.0957. The van der Waals surface area contributed by atoms with E-state index < -0.39 is 0 Å². The molecule has 0 bridgehead atoms. The number of anilines is 1. The molecule has 2 heterocycles. The molecule has 0 spiro atoms. The quantitative estimate of drug-likeness (QED) is 0.823. The first-order chi connectivity index (χ1) is 9.09. The topological polar surface area (TPSA) is 80.9 Å². The van der Waals surface area contributed by atoms with Crippen molar-refractivity contribution >= 4 is 33.3 Å². The van der Waals surface area contributed by atoms with Crippen LogP contribution in [-0.2, 0) is 0 Å². The van der Waals surface area contributed by atoms with Crippen LogP contribution in [0.25, 0.3) is 10.3 Å². The summed E-state index contributed by atoms with van der Waals surface area (Å²) in [5, 5.41) is 2.89. The van der Waals surface area contributed by atoms with E-state index in [4.69, 9.17) is 5.73 Å². The average molecular weight is 278 g/mol. The van der Waals surface area contributed by atoms with Gasteiger partial charge in [0, 0.05) is 18.9 Å². The summed E-state index contributed by atoms with van der Waals surface area (Å²) in [7, 11) is 0. The van der Waals surface area contributed by atoms with Gasteiger partial charge in [-0.2, -0.15) is 0 Å². The zero-order valence-electron chi connectivity index (χ0n) is 11.1. The lowest BCUT2D eigenvalue weighted by Crippen LogP contribution is -2.24. The first-order valence-corrected chi connectivity index (χ1v) is 7.18. The summed E-state index contributed by atoms with van der Waals surface area (Å²) in [6.45, 7) is 5.01. The molecule has 5 nitrogen and oxygen atoms in total. The van der Waals surface area contributed by atoms with Crippen molar-refractivity contribution in [2.75, 3.05) is 12.3 Å². The third-order valence-corrected chi connectivity index (χ3v) is 3.91. The maximum atomic E-state index is 12.0. The molecule has 0 unspecified atom stereocenters. The SMILES string of the molecule is CC(C)CCCNC(=O)c1sc2nccnc2c1N. The zero-order valence-corrected chi connectivity index (χ0v) is 12.0. The molecule has 3 N–H and O–H groups in total. The number of aromatic nitrogens is 2. The van der Waals surface area contributed by atoms with Crippen LogP contribution in [0.2, 0.25) is 0 Å². The predicted octanol–water partition coefficient (Wildman–Crippen LogP) is 2.44. The van der Waals surface area contributed by atoms with Crippen molar-refractivity contribution in [1.82, 2.24) is 15.3 Å². The number of amides is 1. The fourth-order valence-electron chi connectivity index (χ4n) is 1.81. The van der Waals surface area contributed by atoms with E-state index in [1.54, 1.807) is 12.4 Å². The minimum Gasteiger partial charge on any atom is -0.396 e. The van der Waals surface area contributed by atoms with E-state index in [-0.39, 0.29) is 5.91 Å². The van der Waals surface area contributed by atoms with E-state index in [2.05, 4.69) is 29.1 Å². The van der Waals surface area contributed by atoms with Crippen molar-refractivity contribution < 1.29 is 4.79 Å². The number of hydrogen-bond acceptors (Lipinski definition) is 5. The van der Waals surface area contributed by atoms with Gasteiger partial charge in [-0.1, -0.05) is 13.8 Å². The Kier molecular flexibility index (Phi) is 4.31. The Hall–Kier alpha value is -1.69. The second-order valence-corrected chi connectivity index (χ2v) is 5.85. The number of nitrogens with zero attached hydrogens (tertiary/aromatic N) is 2. The maximum Gasteiger partial charge on any atom is 0.263 e. The van der Waals surface area contributed by atoms with E-state index in [9.17, 15) is 4.79 Å². The van der Waals surface area contributed by atoms with Crippen LogP contribution in [0.15, 0.2) is 12.4 Å². The van der Waals surface area contributed by atoms with Gasteiger partial charge in [0.25, 0.3) is 5.91 Å². The van der Waals surface area contributed by atoms with E-state index in [0.717, 1.165) is 12.8 Å². The lowest BCUT2D eigenvalue weighted by Gasteiger charge is -2.06. The lowest BCUT2D eigenvalue weighted by atomic mass is 10.1. The predicted molar refractivity (Wildman–Crippen MR) is 78.2 cm³/mol. The Morgan fingerprint density at radius 2 is 2.16 bits per heavy atom. The monoisotopic (exact) mass is 278 g/mol. The largest absolute Gasteiger partial charge is 0.396 e. The highest BCUT2D eigenvalue weighted by Crippen LogP contribution is 2.30. The third-order valence-electron chi connectivity index (χ3n) is 2.81. The molecule has 6 heteroatoms. The normalized spacial score (nSPS) is 11.1. The first kappa shape index (κ1) is 13.7. The Morgan fingerprint density at radius 1 is 1.42 bits per heavy atom. The van der Waals surface area contributed by atoms with Crippen molar-refractivity contribution in [3.05, 3.63) is 17.3 Å². The van der Waals surface area contributed by atoms with E-state index in [0.29, 0.717) is 33.4 Å². The Balaban J connectivity index is 2.03. The molecule has 0 aromatic carbocycles. The van der Waals surface area contributed by atoms with Crippen LogP contribution in [0.3, 0.4) is 0 Å². The number of nitrogens with two attached hydrogens (primary N) is 1. The molecule has 19 heavy (non-hydrogen) atoms. The standard InChI is InChI=1S/C13H18N4OS/c1-8(2)4-3-5-16-12(18)11-9(14)10-13(19-11)17-7-6-15-10/h6-8H,3-5,14H2,1-2H3,(H,16,18). The summed E-state index contributed by atoms with van der Waals surface area (Å²) in [6.07, 6.45) is 5.26. The van der Waals surface area contributed by atoms with Crippen molar-refractivity contribution in [3.8, 4) is 0 Å². The molecular formula is C13H18N4OS. The maximum absolute atomic E-state index is 12.0. The molecule has 0 saturated carbocycles. The number of fused-ring (bicyclic) bond motifs is 1. The molecule has 102 valence electrons. The Bertz CT molecular complexity index is 579. The van der Waals surface area contributed by atoms with Crippen molar-refractivity contribution in [2.24, 2.45) is 5.92 Å². The summed E-state index contributed by atoms with van der Waals surface area (Å²) in [6, 6.07) is 0. The third kappa shape index (κ3) is 3.20. The fourth-order valence-corrected chi connectivity index (χ4v) is 2.74. The number of nitrogens with one attached hydrogen (secondary N) is 1. The highest BCUT2D eigenvalue weighted by molar-refractivity contribution is 7.21. The van der Waals surface area contributed by atoms with Gasteiger partial charge in [0.15, 0.2) is 0 Å². The number of thiophene rings is 1. The van der Waals surface area contributed by atoms with Gasteiger partial charge in [-0.05, 0) is 18.8 Å². The van der Waals surface area contributed by atoms with Gasteiger partial charge >= 0.3 is 0 Å². The minimum absolute atomic E-state index is 0.133. The molecule has 0 atom stereocenters. The summed E-state index contributed by atoms with van der Waals surface area (Å²) >= 11 is 1.29. The molecule has 2 rings (SSSR count).